The Bertz CT molecular complexity index is 1300. The largest absolute Gasteiger partial charge is 0.400 e. The van der Waals surface area contributed by atoms with Crippen molar-refractivity contribution in [1.29, 1.82) is 0 Å². The molecule has 0 aromatic heterocycles. The van der Waals surface area contributed by atoms with Crippen LogP contribution < -0.4 is 0 Å². The van der Waals surface area contributed by atoms with Gasteiger partial charge in [0, 0.05) is 39.0 Å². The van der Waals surface area contributed by atoms with Crippen molar-refractivity contribution in [2.75, 3.05) is 26.2 Å². The van der Waals surface area contributed by atoms with E-state index in [0.717, 1.165) is 0 Å². The van der Waals surface area contributed by atoms with Crippen LogP contribution in [-0.4, -0.2) is 73.7 Å². The summed E-state index contributed by atoms with van der Waals surface area (Å²) in [5.41, 5.74) is 10.2. The highest BCUT2D eigenvalue weighted by Crippen LogP contribution is 2.18. The Balaban J connectivity index is 1.97. The normalized spacial score (nSPS) is 11.9. The number of rotatable bonds is 16. The molecule has 0 radical (unpaired) electrons. The Hall–Kier alpha value is -3.02. The number of carbonyl (C=O) groups is 2. The van der Waals surface area contributed by atoms with Gasteiger partial charge in [0.15, 0.2) is 0 Å². The van der Waals surface area contributed by atoms with Gasteiger partial charge in [0.1, 0.15) is 0 Å². The zero-order valence-corrected chi connectivity index (χ0v) is 24.5. The summed E-state index contributed by atoms with van der Waals surface area (Å²) in [6.07, 6.45) is 0.286. The third-order valence-electron chi connectivity index (χ3n) is 6.44. The highest BCUT2D eigenvalue weighted by atomic mass is 32.2. The molecule has 0 spiro atoms. The molecule has 2 aromatic carbocycles. The molecule has 0 N–H and O–H groups in total. The summed E-state index contributed by atoms with van der Waals surface area (Å²) in [7, 11) is -7.17. The van der Waals surface area contributed by atoms with E-state index in [1.807, 2.05) is 0 Å². The lowest BCUT2D eigenvalue weighted by molar-refractivity contribution is -0.124. The lowest BCUT2D eigenvalue weighted by Gasteiger charge is -2.18. The quantitative estimate of drug-likeness (QED) is 0.130. The van der Waals surface area contributed by atoms with Gasteiger partial charge in [0.2, 0.25) is 31.6 Å². The highest BCUT2D eigenvalue weighted by Gasteiger charge is 2.28. The first-order valence-electron chi connectivity index (χ1n) is 12.9. The van der Waals surface area contributed by atoms with Crippen LogP contribution in [0.2, 0.25) is 0 Å². The number of ketones is 2. The Labute approximate surface area is 231 Å². The number of hydrogen-bond donors (Lipinski definition) is 0. The second kappa shape index (κ2) is 14.4. The highest BCUT2D eigenvalue weighted by molar-refractivity contribution is 7.89. The molecule has 0 saturated carbocycles. The van der Waals surface area contributed by atoms with Crippen molar-refractivity contribution in [3.05, 3.63) is 65.2 Å². The lowest BCUT2D eigenvalue weighted by atomic mass is 9.99. The second-order valence-electron chi connectivity index (χ2n) is 8.76. The average molecular weight is 577 g/mol. The maximum atomic E-state index is 12.6. The monoisotopic (exact) mass is 576 g/mol. The van der Waals surface area contributed by atoms with Crippen LogP contribution in [0, 0.1) is 0 Å². The SMILES string of the molecule is CCN(CC)S(=O)(=O)c1ccc(CCC(=O)C(=[N+]=[N-])C(=O)CCc2ccc(S(=O)(=O)N(CC)CC)cc2)cc1. The molecule has 12 heteroatoms. The Morgan fingerprint density at radius 1 is 0.641 bits per heavy atom. The Morgan fingerprint density at radius 3 is 1.21 bits per heavy atom. The molecule has 0 unspecified atom stereocenters. The van der Waals surface area contributed by atoms with E-state index in [-0.39, 0.29) is 35.5 Å². The number of aryl methyl sites for hydroxylation is 2. The fourth-order valence-electron chi connectivity index (χ4n) is 4.10. The molecule has 2 rings (SSSR count). The predicted octanol–water partition coefficient (Wildman–Crippen LogP) is 3.12. The molecule has 0 fully saturated rings. The molecule has 212 valence electrons. The smallest absolute Gasteiger partial charge is 0.360 e. The van der Waals surface area contributed by atoms with E-state index >= 15 is 0 Å². The van der Waals surface area contributed by atoms with Crippen molar-refractivity contribution in [2.24, 2.45) is 0 Å². The van der Waals surface area contributed by atoms with Crippen molar-refractivity contribution in [3.63, 3.8) is 0 Å². The van der Waals surface area contributed by atoms with Crippen LogP contribution in [0.1, 0.15) is 51.7 Å². The molecule has 0 aliphatic rings. The third-order valence-corrected chi connectivity index (χ3v) is 10.6. The fraction of sp³-hybridized carbons (Fsp3) is 0.444. The minimum absolute atomic E-state index is 0.0921. The van der Waals surface area contributed by atoms with Gasteiger partial charge in [-0.3, -0.25) is 9.59 Å². The van der Waals surface area contributed by atoms with E-state index in [0.29, 0.717) is 37.3 Å². The molecule has 0 heterocycles. The van der Waals surface area contributed by atoms with Crippen LogP contribution in [0.15, 0.2) is 58.3 Å². The number of sulfonamides is 2. The van der Waals surface area contributed by atoms with E-state index in [4.69, 9.17) is 0 Å². The molecule has 0 bridgehead atoms. The van der Waals surface area contributed by atoms with Crippen molar-refractivity contribution < 1.29 is 31.2 Å². The average Bonchev–Trinajstić information content (AvgIpc) is 2.92. The summed E-state index contributed by atoms with van der Waals surface area (Å²) in [5.74, 6) is -1.24. The number of nitrogens with zero attached hydrogens (tertiary/aromatic N) is 4. The standard InChI is InChI=1S/C27H36N4O6S2/c1-5-30(6-2)38(34,35)23-15-9-21(10-16-23)13-19-25(32)27(29-28)26(33)20-14-22-11-17-24(18-12-22)39(36,37)31(7-3)8-4/h9-12,15-18H,5-8,13-14,19-20H2,1-4H3. The summed E-state index contributed by atoms with van der Waals surface area (Å²) in [5, 5.41) is 0. The van der Waals surface area contributed by atoms with Crippen molar-refractivity contribution in [1.82, 2.24) is 8.61 Å². The van der Waals surface area contributed by atoms with Gasteiger partial charge in [-0.1, -0.05) is 52.0 Å². The third kappa shape index (κ3) is 8.00. The number of carbonyl (C=O) groups excluding carboxylic acids is 2. The van der Waals surface area contributed by atoms with Gasteiger partial charge in [-0.05, 0) is 48.2 Å². The van der Waals surface area contributed by atoms with Crippen LogP contribution in [0.5, 0.6) is 0 Å². The summed E-state index contributed by atoms with van der Waals surface area (Å²) in [6.45, 7) is 8.48. The summed E-state index contributed by atoms with van der Waals surface area (Å²) in [4.78, 5) is 28.4. The van der Waals surface area contributed by atoms with Crippen molar-refractivity contribution >= 4 is 37.3 Å². The van der Waals surface area contributed by atoms with E-state index in [1.165, 1.54) is 32.9 Å². The van der Waals surface area contributed by atoms with E-state index < -0.39 is 37.3 Å². The predicted molar refractivity (Wildman–Crippen MR) is 148 cm³/mol. The molecule has 0 amide bonds. The number of hydrogen-bond acceptors (Lipinski definition) is 6. The summed E-state index contributed by atoms with van der Waals surface area (Å²) < 4.78 is 53.2. The topological polar surface area (TPSA) is 145 Å². The van der Waals surface area contributed by atoms with Gasteiger partial charge < -0.3 is 5.53 Å². The second-order valence-corrected chi connectivity index (χ2v) is 12.6. The molecular weight excluding hydrogens is 540 g/mol. The molecule has 10 nitrogen and oxygen atoms in total. The van der Waals surface area contributed by atoms with Crippen molar-refractivity contribution in [2.45, 2.75) is 63.2 Å². The van der Waals surface area contributed by atoms with Crippen molar-refractivity contribution in [3.8, 4) is 0 Å². The maximum absolute atomic E-state index is 12.6. The van der Waals surface area contributed by atoms with Gasteiger partial charge in [-0.15, -0.1) is 0 Å². The zero-order valence-electron chi connectivity index (χ0n) is 22.8. The molecule has 0 atom stereocenters. The first-order chi connectivity index (χ1) is 18.5. The van der Waals surface area contributed by atoms with E-state index in [9.17, 15) is 32.0 Å². The first-order valence-corrected chi connectivity index (χ1v) is 15.8. The number of benzene rings is 2. The van der Waals surface area contributed by atoms with Gasteiger partial charge in [-0.25, -0.2) is 16.8 Å². The summed E-state index contributed by atoms with van der Waals surface area (Å²) >= 11 is 0. The van der Waals surface area contributed by atoms with Gasteiger partial charge in [0.25, 0.3) is 0 Å². The Morgan fingerprint density at radius 2 is 0.949 bits per heavy atom. The van der Waals surface area contributed by atoms with E-state index in [1.54, 1.807) is 52.0 Å². The molecule has 2 aromatic rings. The molecule has 0 aliphatic carbocycles. The number of Topliss-reactive ketones (excluding diaryl/α,β-unsaturated/α-hetero) is 2. The van der Waals surface area contributed by atoms with Gasteiger partial charge in [-0.2, -0.15) is 13.4 Å². The Kier molecular flexibility index (Phi) is 11.9. The minimum atomic E-state index is -3.59. The zero-order chi connectivity index (χ0) is 29.2. The summed E-state index contributed by atoms with van der Waals surface area (Å²) in [6, 6.07) is 12.4. The van der Waals surface area contributed by atoms with Crippen LogP contribution in [0.25, 0.3) is 5.53 Å². The van der Waals surface area contributed by atoms with Crippen LogP contribution in [-0.2, 0) is 42.5 Å². The van der Waals surface area contributed by atoms with E-state index in [2.05, 4.69) is 4.79 Å². The van der Waals surface area contributed by atoms with Crippen LogP contribution in [0.4, 0.5) is 0 Å². The van der Waals surface area contributed by atoms with Gasteiger partial charge in [0.05, 0.1) is 9.79 Å². The fourth-order valence-corrected chi connectivity index (χ4v) is 7.02. The molecule has 0 saturated heterocycles. The molecule has 39 heavy (non-hydrogen) atoms. The van der Waals surface area contributed by atoms with Gasteiger partial charge >= 0.3 is 5.71 Å². The van der Waals surface area contributed by atoms with Crippen LogP contribution in [0.3, 0.4) is 0 Å². The first kappa shape index (κ1) is 32.2. The molecular formula is C27H36N4O6S2. The molecule has 0 aliphatic heterocycles. The minimum Gasteiger partial charge on any atom is -0.360 e. The van der Waals surface area contributed by atoms with Crippen LogP contribution >= 0.6 is 0 Å². The maximum Gasteiger partial charge on any atom is 0.400 e. The lowest BCUT2D eigenvalue weighted by Crippen LogP contribution is -2.30.